The van der Waals surface area contributed by atoms with Gasteiger partial charge in [0.25, 0.3) is 5.91 Å². The maximum Gasteiger partial charge on any atom is 0.251 e. The van der Waals surface area contributed by atoms with Gasteiger partial charge in [-0.3, -0.25) is 4.79 Å². The fraction of sp³-hybridized carbons (Fsp3) is 0.318. The number of fused-ring (bicyclic) bond motifs is 3. The number of hydrogen-bond donors (Lipinski definition) is 0. The van der Waals surface area contributed by atoms with Crippen LogP contribution in [0.4, 0.5) is 5.69 Å². The van der Waals surface area contributed by atoms with E-state index in [1.54, 1.807) is 6.08 Å². The summed E-state index contributed by atoms with van der Waals surface area (Å²) in [6.45, 7) is 4.19. The molecule has 0 aliphatic carbocycles. The van der Waals surface area contributed by atoms with Gasteiger partial charge in [-0.1, -0.05) is 48.0 Å². The lowest BCUT2D eigenvalue weighted by Gasteiger charge is -2.36. The molecule has 0 bridgehead atoms. The molecule has 2 atom stereocenters. The monoisotopic (exact) mass is 332 g/mol. The zero-order chi connectivity index (χ0) is 17.4. The second-order valence-electron chi connectivity index (χ2n) is 7.24. The third-order valence-corrected chi connectivity index (χ3v) is 5.41. The lowest BCUT2D eigenvalue weighted by Crippen LogP contribution is -2.46. The Labute approximate surface area is 149 Å². The Balaban J connectivity index is 1.66. The van der Waals surface area contributed by atoms with Crippen LogP contribution in [0.1, 0.15) is 29.0 Å². The molecule has 2 aromatic carbocycles. The van der Waals surface area contributed by atoms with E-state index >= 15 is 0 Å². The first kappa shape index (κ1) is 16.1. The summed E-state index contributed by atoms with van der Waals surface area (Å²) < 4.78 is 0. The molecule has 25 heavy (non-hydrogen) atoms. The van der Waals surface area contributed by atoms with Crippen molar-refractivity contribution in [2.45, 2.75) is 25.3 Å². The predicted molar refractivity (Wildman–Crippen MR) is 103 cm³/mol. The second kappa shape index (κ2) is 6.49. The highest BCUT2D eigenvalue weighted by Crippen LogP contribution is 2.45. The van der Waals surface area contributed by atoms with Crippen LogP contribution in [0.5, 0.6) is 0 Å². The first-order valence-electron chi connectivity index (χ1n) is 8.99. The highest BCUT2D eigenvalue weighted by Gasteiger charge is 2.43. The fourth-order valence-corrected chi connectivity index (χ4v) is 4.18. The third-order valence-electron chi connectivity index (χ3n) is 5.41. The van der Waals surface area contributed by atoms with Gasteiger partial charge in [-0.25, -0.2) is 0 Å². The molecule has 0 saturated carbocycles. The lowest BCUT2D eigenvalue weighted by molar-refractivity contribution is -0.114. The zero-order valence-corrected chi connectivity index (χ0v) is 14.9. The highest BCUT2D eigenvalue weighted by molar-refractivity contribution is 6.06. The molecule has 2 aromatic rings. The van der Waals surface area contributed by atoms with E-state index in [9.17, 15) is 4.79 Å². The summed E-state index contributed by atoms with van der Waals surface area (Å²) in [6.07, 6.45) is 4.66. The number of likely N-dealkylation sites (tertiary alicyclic amines) is 1. The van der Waals surface area contributed by atoms with E-state index < -0.39 is 0 Å². The van der Waals surface area contributed by atoms with Crippen molar-refractivity contribution in [3.05, 3.63) is 71.3 Å². The molecule has 1 fully saturated rings. The van der Waals surface area contributed by atoms with Gasteiger partial charge in [0, 0.05) is 30.3 Å². The van der Waals surface area contributed by atoms with Crippen LogP contribution in [-0.4, -0.2) is 37.0 Å². The van der Waals surface area contributed by atoms with Crippen LogP contribution in [0, 0.1) is 6.92 Å². The first-order chi connectivity index (χ1) is 12.1. The molecular weight excluding hydrogens is 308 g/mol. The van der Waals surface area contributed by atoms with Crippen molar-refractivity contribution in [2.24, 2.45) is 0 Å². The molecule has 0 aromatic heterocycles. The van der Waals surface area contributed by atoms with Crippen LogP contribution in [0.15, 0.2) is 54.6 Å². The van der Waals surface area contributed by atoms with Gasteiger partial charge >= 0.3 is 0 Å². The van der Waals surface area contributed by atoms with Crippen molar-refractivity contribution in [1.82, 2.24) is 4.90 Å². The van der Waals surface area contributed by atoms with E-state index in [-0.39, 0.29) is 11.9 Å². The Morgan fingerprint density at radius 3 is 2.76 bits per heavy atom. The Hall–Kier alpha value is -2.39. The second-order valence-corrected chi connectivity index (χ2v) is 7.24. The SMILES string of the molecule is Cc1ccc2c(c1)[C@H]1CN(C)CC[C@@H]1N2C(=O)/C=C/c1ccccc1. The van der Waals surface area contributed by atoms with Gasteiger partial charge in [-0.15, -0.1) is 0 Å². The van der Waals surface area contributed by atoms with Crippen molar-refractivity contribution < 1.29 is 4.79 Å². The minimum absolute atomic E-state index is 0.0889. The molecular formula is C22H24N2O. The summed E-state index contributed by atoms with van der Waals surface area (Å²) in [6, 6.07) is 16.8. The third kappa shape index (κ3) is 3.00. The normalized spacial score (nSPS) is 22.9. The minimum Gasteiger partial charge on any atom is -0.306 e. The number of rotatable bonds is 2. The van der Waals surface area contributed by atoms with E-state index in [4.69, 9.17) is 0 Å². The average molecular weight is 332 g/mol. The van der Waals surface area contributed by atoms with Gasteiger partial charge in [0.15, 0.2) is 0 Å². The van der Waals surface area contributed by atoms with Crippen LogP contribution in [-0.2, 0) is 4.79 Å². The Bertz CT molecular complexity index is 812. The number of benzene rings is 2. The summed E-state index contributed by atoms with van der Waals surface area (Å²) in [4.78, 5) is 17.4. The Morgan fingerprint density at radius 1 is 1.16 bits per heavy atom. The first-order valence-corrected chi connectivity index (χ1v) is 8.99. The molecule has 2 heterocycles. The molecule has 0 N–H and O–H groups in total. The highest BCUT2D eigenvalue weighted by atomic mass is 16.2. The quantitative estimate of drug-likeness (QED) is 0.780. The predicted octanol–water partition coefficient (Wildman–Crippen LogP) is 3.84. The zero-order valence-electron chi connectivity index (χ0n) is 14.9. The van der Waals surface area contributed by atoms with E-state index in [2.05, 4.69) is 37.1 Å². The summed E-state index contributed by atoms with van der Waals surface area (Å²) in [5.74, 6) is 0.508. The van der Waals surface area contributed by atoms with Crippen LogP contribution < -0.4 is 4.90 Å². The van der Waals surface area contributed by atoms with Crippen molar-refractivity contribution in [1.29, 1.82) is 0 Å². The lowest BCUT2D eigenvalue weighted by atomic mass is 9.89. The van der Waals surface area contributed by atoms with E-state index in [1.165, 1.54) is 11.1 Å². The number of carbonyl (C=O) groups is 1. The Morgan fingerprint density at radius 2 is 1.96 bits per heavy atom. The van der Waals surface area contributed by atoms with Crippen molar-refractivity contribution in [2.75, 3.05) is 25.0 Å². The van der Waals surface area contributed by atoms with Crippen LogP contribution in [0.2, 0.25) is 0 Å². The summed E-state index contributed by atoms with van der Waals surface area (Å²) in [5, 5.41) is 0. The number of aryl methyl sites for hydroxylation is 1. The minimum atomic E-state index is 0.0889. The van der Waals surface area contributed by atoms with Gasteiger partial charge in [0.1, 0.15) is 0 Å². The van der Waals surface area contributed by atoms with Crippen LogP contribution >= 0.6 is 0 Å². The summed E-state index contributed by atoms with van der Waals surface area (Å²) in [7, 11) is 2.17. The topological polar surface area (TPSA) is 23.6 Å². The average Bonchev–Trinajstić information content (AvgIpc) is 2.93. The molecule has 0 spiro atoms. The molecule has 1 saturated heterocycles. The van der Waals surface area contributed by atoms with Gasteiger partial charge in [-0.2, -0.15) is 0 Å². The van der Waals surface area contributed by atoms with Crippen molar-refractivity contribution in [3.63, 3.8) is 0 Å². The number of nitrogens with zero attached hydrogens (tertiary/aromatic N) is 2. The number of amides is 1. The van der Waals surface area contributed by atoms with Gasteiger partial charge in [0.05, 0.1) is 0 Å². The summed E-state index contributed by atoms with van der Waals surface area (Å²) in [5.41, 5.74) is 4.75. The molecule has 3 nitrogen and oxygen atoms in total. The fourth-order valence-electron chi connectivity index (χ4n) is 4.18. The molecule has 3 heteroatoms. The molecule has 0 unspecified atom stereocenters. The molecule has 4 rings (SSSR count). The smallest absolute Gasteiger partial charge is 0.251 e. The molecule has 0 radical (unpaired) electrons. The molecule has 2 aliphatic heterocycles. The van der Waals surface area contributed by atoms with Crippen LogP contribution in [0.25, 0.3) is 6.08 Å². The number of hydrogen-bond acceptors (Lipinski definition) is 2. The van der Waals surface area contributed by atoms with Crippen LogP contribution in [0.3, 0.4) is 0 Å². The maximum atomic E-state index is 13.0. The number of likely N-dealkylation sites (N-methyl/N-ethyl adjacent to an activating group) is 1. The van der Waals surface area contributed by atoms with E-state index in [0.29, 0.717) is 5.92 Å². The Kier molecular flexibility index (Phi) is 4.18. The molecule has 2 aliphatic rings. The number of anilines is 1. The largest absolute Gasteiger partial charge is 0.306 e. The summed E-state index contributed by atoms with van der Waals surface area (Å²) >= 11 is 0. The number of carbonyl (C=O) groups excluding carboxylic acids is 1. The van der Waals surface area contributed by atoms with Gasteiger partial charge < -0.3 is 9.80 Å². The number of piperidine rings is 1. The van der Waals surface area contributed by atoms with E-state index in [0.717, 1.165) is 30.8 Å². The van der Waals surface area contributed by atoms with Crippen molar-refractivity contribution in [3.8, 4) is 0 Å². The molecule has 128 valence electrons. The van der Waals surface area contributed by atoms with Crippen molar-refractivity contribution >= 4 is 17.7 Å². The maximum absolute atomic E-state index is 13.0. The van der Waals surface area contributed by atoms with E-state index in [1.807, 2.05) is 41.3 Å². The van der Waals surface area contributed by atoms with Gasteiger partial charge in [-0.05, 0) is 50.2 Å². The molecule has 1 amide bonds. The van der Waals surface area contributed by atoms with Gasteiger partial charge in [0.2, 0.25) is 0 Å². The standard InChI is InChI=1S/C22H24N2O/c1-16-8-10-20-18(14-16)19-15-23(2)13-12-21(19)24(20)22(25)11-9-17-6-4-3-5-7-17/h3-11,14,19,21H,12-13,15H2,1-2H3/b11-9+/t19-,21+/m1/s1.